The van der Waals surface area contributed by atoms with Gasteiger partial charge < -0.3 is 20.3 Å². The number of methoxy groups -OCH3 is 1. The molecule has 0 bridgehead atoms. The molecule has 0 aromatic heterocycles. The van der Waals surface area contributed by atoms with Crippen molar-refractivity contribution in [3.05, 3.63) is 154 Å². The van der Waals surface area contributed by atoms with Crippen molar-refractivity contribution in [1.29, 1.82) is 0 Å². The molecule has 5 aromatic rings. The minimum atomic E-state index is -2.15. The maximum Gasteiger partial charge on any atom is 0.246 e. The van der Waals surface area contributed by atoms with Crippen LogP contribution in [0.5, 0.6) is 5.75 Å². The van der Waals surface area contributed by atoms with Gasteiger partial charge >= 0.3 is 0 Å². The molecule has 0 saturated heterocycles. The number of aryl methyl sites for hydroxylation is 1. The van der Waals surface area contributed by atoms with E-state index in [-0.39, 0.29) is 11.7 Å². The van der Waals surface area contributed by atoms with Crippen LogP contribution in [0.25, 0.3) is 38.2 Å². The van der Waals surface area contributed by atoms with Crippen molar-refractivity contribution >= 4 is 63.5 Å². The second-order valence-electron chi connectivity index (χ2n) is 19.5. The third-order valence-corrected chi connectivity index (χ3v) is 17.4. The van der Waals surface area contributed by atoms with Crippen LogP contribution < -0.4 is 25.5 Å². The summed E-state index contributed by atoms with van der Waals surface area (Å²) in [6, 6.07) is 27.6. The Bertz CT molecular complexity index is 2920. The van der Waals surface area contributed by atoms with Crippen molar-refractivity contribution in [2.75, 3.05) is 53.3 Å². The van der Waals surface area contributed by atoms with Gasteiger partial charge in [0.2, 0.25) is 5.91 Å². The van der Waals surface area contributed by atoms with Crippen LogP contribution in [0.4, 0.5) is 5.69 Å². The number of unbranched alkanes of at least 4 members (excludes halogenated alkanes) is 3. The SMILES string of the molecule is C=C(C)C(=O)CCCCCCc1c2ccccc2c(CNCCCNC(=O)C(=C)C)c2ccc(-c3cc(OC)c(C)c(C4=C5C=CC(=[N+](C)C)C=C5[Si](C)(C)c5cc(N(C)C)ccc54)c3)cc12. The molecule has 5 aromatic carbocycles. The molecule has 0 atom stereocenters. The number of nitrogens with one attached hydrogen (secondary N) is 2. The van der Waals surface area contributed by atoms with E-state index in [0.29, 0.717) is 30.7 Å². The molecular formula is C59H71N4O3Si+. The summed E-state index contributed by atoms with van der Waals surface area (Å²) in [5, 5.41) is 14.6. The smallest absolute Gasteiger partial charge is 0.246 e. The van der Waals surface area contributed by atoms with Gasteiger partial charge in [0.1, 0.15) is 27.9 Å². The summed E-state index contributed by atoms with van der Waals surface area (Å²) in [7, 11) is 8.16. The number of amides is 1. The van der Waals surface area contributed by atoms with Crippen LogP contribution in [0.2, 0.25) is 13.1 Å². The number of Topliss-reactive ketones (excluding diaryl/α,β-unsaturated/α-hetero) is 1. The monoisotopic (exact) mass is 912 g/mol. The van der Waals surface area contributed by atoms with Crippen LogP contribution >= 0.6 is 0 Å². The lowest BCUT2D eigenvalue weighted by atomic mass is 9.84. The Labute approximate surface area is 400 Å². The molecule has 348 valence electrons. The first-order valence-corrected chi connectivity index (χ1v) is 27.0. The molecule has 67 heavy (non-hydrogen) atoms. The minimum absolute atomic E-state index is 0.100. The number of rotatable bonds is 19. The highest BCUT2D eigenvalue weighted by atomic mass is 28.3. The van der Waals surface area contributed by atoms with E-state index in [1.54, 1.807) is 21.0 Å². The number of hydrogen-bond acceptors (Lipinski definition) is 5. The van der Waals surface area contributed by atoms with E-state index in [0.717, 1.165) is 67.5 Å². The van der Waals surface area contributed by atoms with Gasteiger partial charge in [0.25, 0.3) is 0 Å². The second-order valence-corrected chi connectivity index (χ2v) is 23.9. The van der Waals surface area contributed by atoms with Gasteiger partial charge in [-0.2, -0.15) is 0 Å². The van der Waals surface area contributed by atoms with Gasteiger partial charge in [-0.1, -0.05) is 81.6 Å². The van der Waals surface area contributed by atoms with Gasteiger partial charge in [0.05, 0.1) is 7.11 Å². The zero-order chi connectivity index (χ0) is 48.2. The third kappa shape index (κ3) is 10.3. The van der Waals surface area contributed by atoms with Crippen LogP contribution in [0.1, 0.15) is 80.2 Å². The molecule has 0 spiro atoms. The topological polar surface area (TPSA) is 73.7 Å². The second kappa shape index (κ2) is 20.8. The largest absolute Gasteiger partial charge is 0.496 e. The first kappa shape index (κ1) is 48.8. The summed E-state index contributed by atoms with van der Waals surface area (Å²) in [5.41, 5.74) is 14.7. The Morgan fingerprint density at radius 2 is 1.48 bits per heavy atom. The molecule has 0 radical (unpaired) electrons. The molecular weight excluding hydrogens is 841 g/mol. The molecule has 1 aliphatic heterocycles. The molecule has 1 heterocycles. The highest BCUT2D eigenvalue weighted by Gasteiger charge is 2.41. The van der Waals surface area contributed by atoms with E-state index in [1.165, 1.54) is 76.7 Å². The standard InChI is InChI=1S/C59H70N4O3Si/c1-38(2)54(64)23-16-14-13-15-20-46-45-21-17-18-22-47(45)53(37-60-30-19-31-61-59(65)39(3)4)48-27-24-41(32-52(46)48)42-33-51(40(5)55(34-42)66-10)58-49-28-25-43(62(6)7)35-56(49)67(11,12)57-36-44(63(8)9)26-29-50(57)58/h17-18,21-22,24-29,32-36,60H,1,3,13-16,19-20,23,30-31,37H2,2,4-12H3/p+1. The van der Waals surface area contributed by atoms with Gasteiger partial charge in [-0.25, -0.2) is 4.58 Å². The van der Waals surface area contributed by atoms with Gasteiger partial charge in [-0.15, -0.1) is 0 Å². The normalized spacial score (nSPS) is 13.9. The minimum Gasteiger partial charge on any atom is -0.496 e. The van der Waals surface area contributed by atoms with Crippen LogP contribution in [0.3, 0.4) is 0 Å². The summed E-state index contributed by atoms with van der Waals surface area (Å²) in [5.74, 6) is 0.934. The maximum atomic E-state index is 12.3. The summed E-state index contributed by atoms with van der Waals surface area (Å²) in [4.78, 5) is 26.6. The van der Waals surface area contributed by atoms with E-state index in [4.69, 9.17) is 4.74 Å². The maximum absolute atomic E-state index is 12.3. The molecule has 0 saturated carbocycles. The summed E-state index contributed by atoms with van der Waals surface area (Å²) in [6.45, 7) is 20.4. The Balaban J connectivity index is 1.36. The first-order chi connectivity index (χ1) is 32.0. The fourth-order valence-electron chi connectivity index (χ4n) is 9.93. The molecule has 2 N–H and O–H groups in total. The van der Waals surface area contributed by atoms with E-state index >= 15 is 0 Å². The molecule has 1 amide bonds. The molecule has 0 fully saturated rings. The van der Waals surface area contributed by atoms with Crippen molar-refractivity contribution < 1.29 is 18.9 Å². The fourth-order valence-corrected chi connectivity index (χ4v) is 13.0. The number of carbonyl (C=O) groups excluding carboxylic acids is 2. The Morgan fingerprint density at radius 1 is 0.761 bits per heavy atom. The van der Waals surface area contributed by atoms with Gasteiger partial charge in [-0.05, 0) is 177 Å². The number of benzene rings is 5. The van der Waals surface area contributed by atoms with Gasteiger partial charge in [-0.3, -0.25) is 9.59 Å². The number of carbonyl (C=O) groups is 2. The lowest BCUT2D eigenvalue weighted by Crippen LogP contribution is -2.49. The van der Waals surface area contributed by atoms with E-state index in [9.17, 15) is 9.59 Å². The van der Waals surface area contributed by atoms with Gasteiger partial charge in [0, 0.05) is 57.0 Å². The Morgan fingerprint density at radius 3 is 2.16 bits per heavy atom. The highest BCUT2D eigenvalue weighted by molar-refractivity contribution is 6.98. The predicted octanol–water partition coefficient (Wildman–Crippen LogP) is 11.3. The van der Waals surface area contributed by atoms with E-state index in [2.05, 4.69) is 172 Å². The lowest BCUT2D eigenvalue weighted by molar-refractivity contribution is -0.462. The highest BCUT2D eigenvalue weighted by Crippen LogP contribution is 2.46. The first-order valence-electron chi connectivity index (χ1n) is 24.0. The van der Waals surface area contributed by atoms with Crippen LogP contribution in [-0.2, 0) is 22.6 Å². The molecule has 0 unspecified atom stereocenters. The quantitative estimate of drug-likeness (QED) is 0.0284. The van der Waals surface area contributed by atoms with Crippen molar-refractivity contribution in [1.82, 2.24) is 10.6 Å². The van der Waals surface area contributed by atoms with Crippen molar-refractivity contribution in [2.45, 2.75) is 85.4 Å². The molecule has 8 heteroatoms. The number of fused-ring (bicyclic) bond motifs is 4. The molecule has 7 rings (SSSR count). The van der Waals surface area contributed by atoms with Crippen molar-refractivity contribution in [3.8, 4) is 16.9 Å². The summed E-state index contributed by atoms with van der Waals surface area (Å²) < 4.78 is 8.49. The number of ether oxygens (including phenoxy) is 1. The number of allylic oxidation sites excluding steroid dienone is 6. The number of nitrogens with zero attached hydrogens (tertiary/aromatic N) is 2. The molecule has 7 nitrogen and oxygen atoms in total. The lowest BCUT2D eigenvalue weighted by Gasteiger charge is -2.38. The third-order valence-electron chi connectivity index (χ3n) is 13.9. The van der Waals surface area contributed by atoms with Crippen molar-refractivity contribution in [2.24, 2.45) is 0 Å². The van der Waals surface area contributed by atoms with Crippen LogP contribution in [0.15, 0.2) is 126 Å². The zero-order valence-corrected chi connectivity index (χ0v) is 42.8. The zero-order valence-electron chi connectivity index (χ0n) is 41.8. The number of ketones is 1. The Hall–Kier alpha value is -6.09. The fraction of sp³-hybridized carbons (Fsp3) is 0.339. The van der Waals surface area contributed by atoms with Gasteiger partial charge in [0.15, 0.2) is 11.5 Å². The predicted molar refractivity (Wildman–Crippen MR) is 287 cm³/mol. The summed E-state index contributed by atoms with van der Waals surface area (Å²) >= 11 is 0. The van der Waals surface area contributed by atoms with E-state index in [1.807, 2.05) is 0 Å². The van der Waals surface area contributed by atoms with Crippen LogP contribution in [0, 0.1) is 6.92 Å². The average Bonchev–Trinajstić information content (AvgIpc) is 3.31. The average molecular weight is 912 g/mol. The van der Waals surface area contributed by atoms with Crippen LogP contribution in [-0.4, -0.2) is 78.4 Å². The van der Waals surface area contributed by atoms with Crippen molar-refractivity contribution in [3.63, 3.8) is 0 Å². The Kier molecular flexibility index (Phi) is 15.2. The molecule has 2 aliphatic rings. The summed E-state index contributed by atoms with van der Waals surface area (Å²) in [6.07, 6.45) is 13.4. The number of hydrogen-bond donors (Lipinski definition) is 2. The molecule has 1 aliphatic carbocycles. The van der Waals surface area contributed by atoms with E-state index < -0.39 is 8.07 Å². The number of anilines is 1.